The molecule has 2 aromatic rings. The second kappa shape index (κ2) is 6.21. The number of nitrogens with zero attached hydrogens (tertiary/aromatic N) is 3. The number of pyridine rings is 1. The number of halogens is 1. The molecule has 0 aromatic carbocycles. The lowest BCUT2D eigenvalue weighted by Crippen LogP contribution is -2.07. The highest BCUT2D eigenvalue weighted by atomic mass is 79.9. The Morgan fingerprint density at radius 2 is 1.89 bits per heavy atom. The van der Waals surface area contributed by atoms with Gasteiger partial charge >= 0.3 is 0 Å². The molecule has 0 bridgehead atoms. The standard InChI is InChI=1S/C14H17BrN4/c1-9-11(5-3-7-16)10(2)19-14(18-9)13-12(15)6-4-8-17-13/h4,6,8H,3,5,7,16H2,1-2H3. The largest absolute Gasteiger partial charge is 0.330 e. The summed E-state index contributed by atoms with van der Waals surface area (Å²) in [7, 11) is 0. The average molecular weight is 321 g/mol. The zero-order valence-electron chi connectivity index (χ0n) is 11.2. The van der Waals surface area contributed by atoms with Crippen molar-refractivity contribution in [2.45, 2.75) is 26.7 Å². The van der Waals surface area contributed by atoms with Crippen molar-refractivity contribution < 1.29 is 0 Å². The van der Waals surface area contributed by atoms with E-state index in [1.165, 1.54) is 5.56 Å². The normalized spacial score (nSPS) is 10.7. The van der Waals surface area contributed by atoms with Crippen LogP contribution >= 0.6 is 15.9 Å². The van der Waals surface area contributed by atoms with E-state index in [1.54, 1.807) is 6.20 Å². The molecular formula is C14H17BrN4. The van der Waals surface area contributed by atoms with E-state index < -0.39 is 0 Å². The minimum Gasteiger partial charge on any atom is -0.330 e. The fourth-order valence-electron chi connectivity index (χ4n) is 2.04. The van der Waals surface area contributed by atoms with Gasteiger partial charge in [-0.25, -0.2) is 9.97 Å². The Hall–Kier alpha value is -1.33. The van der Waals surface area contributed by atoms with Crippen molar-refractivity contribution in [1.82, 2.24) is 15.0 Å². The summed E-state index contributed by atoms with van der Waals surface area (Å²) >= 11 is 3.48. The predicted molar refractivity (Wildman–Crippen MR) is 79.8 cm³/mol. The average Bonchev–Trinajstić information content (AvgIpc) is 2.38. The molecule has 100 valence electrons. The highest BCUT2D eigenvalue weighted by Crippen LogP contribution is 2.24. The third-order valence-corrected chi connectivity index (χ3v) is 3.66. The highest BCUT2D eigenvalue weighted by molar-refractivity contribution is 9.10. The lowest BCUT2D eigenvalue weighted by Gasteiger charge is -2.10. The lowest BCUT2D eigenvalue weighted by atomic mass is 10.1. The maximum absolute atomic E-state index is 5.56. The lowest BCUT2D eigenvalue weighted by molar-refractivity contribution is 0.805. The van der Waals surface area contributed by atoms with Gasteiger partial charge in [-0.3, -0.25) is 4.98 Å². The van der Waals surface area contributed by atoms with E-state index in [1.807, 2.05) is 26.0 Å². The van der Waals surface area contributed by atoms with Crippen LogP contribution in [0.4, 0.5) is 0 Å². The maximum atomic E-state index is 5.56. The van der Waals surface area contributed by atoms with E-state index in [4.69, 9.17) is 5.73 Å². The fourth-order valence-corrected chi connectivity index (χ4v) is 2.47. The van der Waals surface area contributed by atoms with E-state index >= 15 is 0 Å². The van der Waals surface area contributed by atoms with Crippen molar-refractivity contribution >= 4 is 15.9 Å². The van der Waals surface area contributed by atoms with Crippen LogP contribution in [0.1, 0.15) is 23.4 Å². The molecule has 0 saturated carbocycles. The maximum Gasteiger partial charge on any atom is 0.179 e. The summed E-state index contributed by atoms with van der Waals surface area (Å²) in [5.74, 6) is 0.666. The number of aryl methyl sites for hydroxylation is 2. The van der Waals surface area contributed by atoms with Gasteiger partial charge in [0.05, 0.1) is 0 Å². The van der Waals surface area contributed by atoms with Crippen LogP contribution < -0.4 is 5.73 Å². The smallest absolute Gasteiger partial charge is 0.179 e. The minimum absolute atomic E-state index is 0.666. The molecular weight excluding hydrogens is 304 g/mol. The molecule has 0 amide bonds. The van der Waals surface area contributed by atoms with E-state index in [-0.39, 0.29) is 0 Å². The van der Waals surface area contributed by atoms with Crippen LogP contribution in [-0.4, -0.2) is 21.5 Å². The second-order valence-electron chi connectivity index (χ2n) is 4.42. The molecule has 2 N–H and O–H groups in total. The van der Waals surface area contributed by atoms with Crippen molar-refractivity contribution in [3.05, 3.63) is 39.8 Å². The minimum atomic E-state index is 0.666. The monoisotopic (exact) mass is 320 g/mol. The number of hydrogen-bond donors (Lipinski definition) is 1. The number of aromatic nitrogens is 3. The molecule has 0 saturated heterocycles. The SMILES string of the molecule is Cc1nc(-c2ncccc2Br)nc(C)c1CCCN. The molecule has 0 spiro atoms. The summed E-state index contributed by atoms with van der Waals surface area (Å²) in [6.45, 7) is 4.72. The van der Waals surface area contributed by atoms with Gasteiger partial charge in [0, 0.05) is 22.1 Å². The van der Waals surface area contributed by atoms with Crippen LogP contribution in [0, 0.1) is 13.8 Å². The van der Waals surface area contributed by atoms with Gasteiger partial charge in [0.1, 0.15) is 5.69 Å². The first-order valence-electron chi connectivity index (χ1n) is 6.28. The third kappa shape index (κ3) is 3.16. The van der Waals surface area contributed by atoms with Gasteiger partial charge in [-0.05, 0) is 66.9 Å². The topological polar surface area (TPSA) is 64.7 Å². The molecule has 2 heterocycles. The Balaban J connectivity index is 2.43. The molecule has 2 rings (SSSR count). The summed E-state index contributed by atoms with van der Waals surface area (Å²) in [5, 5.41) is 0. The van der Waals surface area contributed by atoms with Crippen molar-refractivity contribution in [3.8, 4) is 11.5 Å². The summed E-state index contributed by atoms with van der Waals surface area (Å²) in [6.07, 6.45) is 3.63. The van der Waals surface area contributed by atoms with Crippen LogP contribution in [-0.2, 0) is 6.42 Å². The molecule has 0 atom stereocenters. The van der Waals surface area contributed by atoms with Gasteiger partial charge in [0.15, 0.2) is 5.82 Å². The molecule has 5 heteroatoms. The Kier molecular flexibility index (Phi) is 4.61. The van der Waals surface area contributed by atoms with E-state index in [2.05, 4.69) is 30.9 Å². The Morgan fingerprint density at radius 3 is 2.47 bits per heavy atom. The zero-order valence-corrected chi connectivity index (χ0v) is 12.7. The Labute approximate surface area is 121 Å². The van der Waals surface area contributed by atoms with Crippen LogP contribution in [0.2, 0.25) is 0 Å². The van der Waals surface area contributed by atoms with Crippen molar-refractivity contribution in [2.75, 3.05) is 6.54 Å². The van der Waals surface area contributed by atoms with Gasteiger partial charge in [0.25, 0.3) is 0 Å². The molecule has 0 aliphatic heterocycles. The summed E-state index contributed by atoms with van der Waals surface area (Å²) in [4.78, 5) is 13.5. The van der Waals surface area contributed by atoms with E-state index in [0.29, 0.717) is 12.4 Å². The van der Waals surface area contributed by atoms with Crippen molar-refractivity contribution in [3.63, 3.8) is 0 Å². The van der Waals surface area contributed by atoms with Crippen molar-refractivity contribution in [2.24, 2.45) is 5.73 Å². The number of nitrogens with two attached hydrogens (primary N) is 1. The van der Waals surface area contributed by atoms with Crippen molar-refractivity contribution in [1.29, 1.82) is 0 Å². The molecule has 2 aromatic heterocycles. The third-order valence-electron chi connectivity index (χ3n) is 3.02. The summed E-state index contributed by atoms with van der Waals surface area (Å²) in [6, 6.07) is 3.82. The predicted octanol–water partition coefficient (Wildman–Crippen LogP) is 2.81. The molecule has 0 aliphatic rings. The van der Waals surface area contributed by atoms with Crippen LogP contribution in [0.5, 0.6) is 0 Å². The van der Waals surface area contributed by atoms with E-state index in [0.717, 1.165) is 34.4 Å². The van der Waals surface area contributed by atoms with Gasteiger partial charge in [-0.1, -0.05) is 0 Å². The van der Waals surface area contributed by atoms with Crippen LogP contribution in [0.15, 0.2) is 22.8 Å². The molecule has 0 unspecified atom stereocenters. The molecule has 0 radical (unpaired) electrons. The van der Waals surface area contributed by atoms with Gasteiger partial charge < -0.3 is 5.73 Å². The summed E-state index contributed by atoms with van der Waals surface area (Å²) in [5.41, 5.74) is 9.55. The van der Waals surface area contributed by atoms with Gasteiger partial charge in [-0.15, -0.1) is 0 Å². The van der Waals surface area contributed by atoms with Gasteiger partial charge in [0.2, 0.25) is 0 Å². The second-order valence-corrected chi connectivity index (χ2v) is 5.28. The number of hydrogen-bond acceptors (Lipinski definition) is 4. The summed E-state index contributed by atoms with van der Waals surface area (Å²) < 4.78 is 0.906. The Bertz CT molecular complexity index is 560. The van der Waals surface area contributed by atoms with Gasteiger partial charge in [-0.2, -0.15) is 0 Å². The fraction of sp³-hybridized carbons (Fsp3) is 0.357. The first-order valence-corrected chi connectivity index (χ1v) is 7.08. The van der Waals surface area contributed by atoms with Crippen LogP contribution in [0.25, 0.3) is 11.5 Å². The first kappa shape index (κ1) is 14.1. The molecule has 0 fully saturated rings. The quantitative estimate of drug-likeness (QED) is 0.940. The Morgan fingerprint density at radius 1 is 1.21 bits per heavy atom. The van der Waals surface area contributed by atoms with Crippen LogP contribution in [0.3, 0.4) is 0 Å². The first-order chi connectivity index (χ1) is 9.13. The molecule has 0 aliphatic carbocycles. The zero-order chi connectivity index (χ0) is 13.8. The van der Waals surface area contributed by atoms with E-state index in [9.17, 15) is 0 Å². The molecule has 19 heavy (non-hydrogen) atoms. The highest BCUT2D eigenvalue weighted by Gasteiger charge is 2.12. The molecule has 4 nitrogen and oxygen atoms in total. The number of rotatable bonds is 4.